The highest BCUT2D eigenvalue weighted by molar-refractivity contribution is 5.86. The number of carboxylic acid groups (broad SMARTS) is 1. The number of nitrogens with one attached hydrogen (secondary N) is 2. The molecule has 0 unspecified atom stereocenters. The van der Waals surface area contributed by atoms with Crippen molar-refractivity contribution >= 4 is 17.8 Å². The zero-order chi connectivity index (χ0) is 13.4. The van der Waals surface area contributed by atoms with E-state index in [0.29, 0.717) is 0 Å². The Morgan fingerprint density at radius 2 is 1.67 bits per heavy atom. The number of carboxylic acids is 1. The Hall–Kier alpha value is -1.59. The fraction of sp³-hybridized carbons (Fsp3) is 0.750. The quantitative estimate of drug-likeness (QED) is 0.641. The minimum absolute atomic E-state index is 0.0745. The maximum atomic E-state index is 11.5. The summed E-state index contributed by atoms with van der Waals surface area (Å²) in [7, 11) is 0. The van der Waals surface area contributed by atoms with Crippen LogP contribution < -0.4 is 10.6 Å². The molecule has 0 bridgehead atoms. The average molecular weight is 256 g/mol. The summed E-state index contributed by atoms with van der Waals surface area (Å²) in [5, 5.41) is 13.7. The van der Waals surface area contributed by atoms with Crippen molar-refractivity contribution in [3.8, 4) is 0 Å². The number of hydrogen-bond donors (Lipinski definition) is 3. The molecule has 0 aromatic carbocycles. The van der Waals surface area contributed by atoms with Gasteiger partial charge in [-0.1, -0.05) is 19.3 Å². The van der Waals surface area contributed by atoms with Gasteiger partial charge >= 0.3 is 5.97 Å². The fourth-order valence-electron chi connectivity index (χ4n) is 2.01. The zero-order valence-electron chi connectivity index (χ0n) is 10.4. The average Bonchev–Trinajstić information content (AvgIpc) is 2.35. The zero-order valence-corrected chi connectivity index (χ0v) is 10.4. The van der Waals surface area contributed by atoms with E-state index in [0.717, 1.165) is 25.7 Å². The van der Waals surface area contributed by atoms with Gasteiger partial charge in [-0.15, -0.1) is 0 Å². The van der Waals surface area contributed by atoms with Crippen LogP contribution in [0.15, 0.2) is 0 Å². The maximum absolute atomic E-state index is 11.5. The molecule has 18 heavy (non-hydrogen) atoms. The van der Waals surface area contributed by atoms with Crippen LogP contribution in [0.3, 0.4) is 0 Å². The summed E-state index contributed by atoms with van der Waals surface area (Å²) in [4.78, 5) is 32.9. The molecule has 0 aromatic rings. The first kappa shape index (κ1) is 14.5. The lowest BCUT2D eigenvalue weighted by molar-refractivity contribution is -0.138. The van der Waals surface area contributed by atoms with Crippen LogP contribution in [0.1, 0.15) is 44.9 Å². The predicted octanol–water partition coefficient (Wildman–Crippen LogP) is 0.416. The molecule has 1 aliphatic rings. The molecule has 1 rings (SSSR count). The minimum atomic E-state index is -1.02. The Bertz CT molecular complexity index is 311. The lowest BCUT2D eigenvalue weighted by Crippen LogP contribution is -2.42. The van der Waals surface area contributed by atoms with Gasteiger partial charge in [-0.2, -0.15) is 0 Å². The molecule has 6 heteroatoms. The second-order valence-corrected chi connectivity index (χ2v) is 4.57. The van der Waals surface area contributed by atoms with Crippen LogP contribution in [0.5, 0.6) is 0 Å². The molecule has 2 amide bonds. The van der Waals surface area contributed by atoms with Crippen LogP contribution >= 0.6 is 0 Å². The van der Waals surface area contributed by atoms with Crippen LogP contribution in [0.25, 0.3) is 0 Å². The van der Waals surface area contributed by atoms with Crippen LogP contribution in [0.4, 0.5) is 0 Å². The molecule has 102 valence electrons. The molecule has 0 saturated heterocycles. The molecule has 0 heterocycles. The number of hydrogen-bond acceptors (Lipinski definition) is 3. The molecule has 1 saturated carbocycles. The number of rotatable bonds is 6. The van der Waals surface area contributed by atoms with E-state index in [9.17, 15) is 14.4 Å². The Morgan fingerprint density at radius 1 is 1.00 bits per heavy atom. The van der Waals surface area contributed by atoms with Gasteiger partial charge in [-0.3, -0.25) is 14.4 Å². The second kappa shape index (κ2) is 7.68. The van der Waals surface area contributed by atoms with Gasteiger partial charge in [-0.05, 0) is 12.8 Å². The number of amides is 2. The molecule has 0 radical (unpaired) electrons. The van der Waals surface area contributed by atoms with Crippen LogP contribution in [0, 0.1) is 0 Å². The summed E-state index contributed by atoms with van der Waals surface area (Å²) in [5.74, 6) is -1.63. The highest BCUT2D eigenvalue weighted by Crippen LogP contribution is 2.16. The number of aliphatic carboxylic acids is 1. The lowest BCUT2D eigenvalue weighted by Gasteiger charge is -2.22. The van der Waals surface area contributed by atoms with Gasteiger partial charge in [-0.25, -0.2) is 0 Å². The monoisotopic (exact) mass is 256 g/mol. The second-order valence-electron chi connectivity index (χ2n) is 4.57. The number of carbonyl (C=O) groups is 3. The predicted molar refractivity (Wildman–Crippen MR) is 64.9 cm³/mol. The van der Waals surface area contributed by atoms with Crippen molar-refractivity contribution in [1.82, 2.24) is 10.6 Å². The van der Waals surface area contributed by atoms with E-state index in [-0.39, 0.29) is 31.3 Å². The third-order valence-corrected chi connectivity index (χ3v) is 2.98. The topological polar surface area (TPSA) is 95.5 Å². The van der Waals surface area contributed by atoms with E-state index >= 15 is 0 Å². The Morgan fingerprint density at radius 3 is 2.28 bits per heavy atom. The van der Waals surface area contributed by atoms with E-state index < -0.39 is 11.9 Å². The molecule has 0 aromatic heterocycles. The van der Waals surface area contributed by atoms with Crippen molar-refractivity contribution < 1.29 is 19.5 Å². The molecule has 0 spiro atoms. The fourth-order valence-corrected chi connectivity index (χ4v) is 2.01. The molecule has 0 atom stereocenters. The van der Waals surface area contributed by atoms with Crippen molar-refractivity contribution in [3.63, 3.8) is 0 Å². The van der Waals surface area contributed by atoms with E-state index in [2.05, 4.69) is 10.6 Å². The number of carbonyl (C=O) groups excluding carboxylic acids is 2. The SMILES string of the molecule is O=C(O)CCC(=O)NCC(=O)NC1CCCCC1. The Balaban J connectivity index is 2.12. The first-order valence-electron chi connectivity index (χ1n) is 6.36. The van der Waals surface area contributed by atoms with Gasteiger partial charge in [0.15, 0.2) is 0 Å². The first-order chi connectivity index (χ1) is 8.58. The molecule has 1 fully saturated rings. The minimum Gasteiger partial charge on any atom is -0.481 e. The molecule has 3 N–H and O–H groups in total. The van der Waals surface area contributed by atoms with Crippen LogP contribution in [-0.4, -0.2) is 35.5 Å². The summed E-state index contributed by atoms with van der Waals surface area (Å²) in [5.41, 5.74) is 0. The molecule has 6 nitrogen and oxygen atoms in total. The largest absolute Gasteiger partial charge is 0.481 e. The van der Waals surface area contributed by atoms with E-state index in [1.54, 1.807) is 0 Å². The van der Waals surface area contributed by atoms with Crippen molar-refractivity contribution in [1.29, 1.82) is 0 Å². The van der Waals surface area contributed by atoms with Gasteiger partial charge in [0.25, 0.3) is 0 Å². The lowest BCUT2D eigenvalue weighted by atomic mass is 9.95. The van der Waals surface area contributed by atoms with E-state index in [1.807, 2.05) is 0 Å². The summed E-state index contributed by atoms with van der Waals surface area (Å²) in [6, 6.07) is 0.224. The van der Waals surface area contributed by atoms with E-state index in [4.69, 9.17) is 5.11 Å². The van der Waals surface area contributed by atoms with Crippen LogP contribution in [0.2, 0.25) is 0 Å². The van der Waals surface area contributed by atoms with E-state index in [1.165, 1.54) is 6.42 Å². The third-order valence-electron chi connectivity index (χ3n) is 2.98. The maximum Gasteiger partial charge on any atom is 0.303 e. The van der Waals surface area contributed by atoms with Crippen molar-refractivity contribution in [2.75, 3.05) is 6.54 Å². The van der Waals surface area contributed by atoms with Crippen molar-refractivity contribution in [2.24, 2.45) is 0 Å². The molecule has 0 aliphatic heterocycles. The highest BCUT2D eigenvalue weighted by Gasteiger charge is 2.15. The highest BCUT2D eigenvalue weighted by atomic mass is 16.4. The first-order valence-corrected chi connectivity index (χ1v) is 6.36. The van der Waals surface area contributed by atoms with Crippen molar-refractivity contribution in [3.05, 3.63) is 0 Å². The van der Waals surface area contributed by atoms with Gasteiger partial charge < -0.3 is 15.7 Å². The summed E-state index contributed by atoms with van der Waals surface area (Å²) < 4.78 is 0. The molecule has 1 aliphatic carbocycles. The summed E-state index contributed by atoms with van der Waals surface area (Å²) in [6.07, 6.45) is 5.18. The van der Waals surface area contributed by atoms with Crippen molar-refractivity contribution in [2.45, 2.75) is 51.0 Å². The van der Waals surface area contributed by atoms with Gasteiger partial charge in [0, 0.05) is 12.5 Å². The van der Waals surface area contributed by atoms with Gasteiger partial charge in [0.2, 0.25) is 11.8 Å². The standard InChI is InChI=1S/C12H20N2O4/c15-10(6-7-12(17)18)13-8-11(16)14-9-4-2-1-3-5-9/h9H,1-8H2,(H,13,15)(H,14,16)(H,17,18). The van der Waals surface area contributed by atoms with Gasteiger partial charge in [0.1, 0.15) is 0 Å². The Kier molecular flexibility index (Phi) is 6.18. The summed E-state index contributed by atoms with van der Waals surface area (Å²) >= 11 is 0. The normalized spacial score (nSPS) is 16.0. The third kappa shape index (κ3) is 6.22. The smallest absolute Gasteiger partial charge is 0.303 e. The molecular formula is C12H20N2O4. The van der Waals surface area contributed by atoms with Crippen LogP contribution in [-0.2, 0) is 14.4 Å². The Labute approximate surface area is 106 Å². The molecular weight excluding hydrogens is 236 g/mol. The van der Waals surface area contributed by atoms with Gasteiger partial charge in [0.05, 0.1) is 13.0 Å². The summed E-state index contributed by atoms with van der Waals surface area (Å²) in [6.45, 7) is -0.0745.